The molecule has 0 fully saturated rings. The van der Waals surface area contributed by atoms with Crippen molar-refractivity contribution in [3.05, 3.63) is 133 Å². The maximum atomic E-state index is 2.40. The number of hydrogen-bond donors (Lipinski definition) is 0. The zero-order valence-electron chi connectivity index (χ0n) is 22.5. The van der Waals surface area contributed by atoms with E-state index in [1.54, 1.807) is 0 Å². The van der Waals surface area contributed by atoms with Gasteiger partial charge in [0.1, 0.15) is 0 Å². The van der Waals surface area contributed by atoms with Crippen LogP contribution in [0.4, 0.5) is 0 Å². The fourth-order valence-corrected chi connectivity index (χ4v) is 9.10. The van der Waals surface area contributed by atoms with Gasteiger partial charge in [0.2, 0.25) is 0 Å². The van der Waals surface area contributed by atoms with Crippen LogP contribution >= 0.6 is 22.7 Å². The van der Waals surface area contributed by atoms with Crippen molar-refractivity contribution >= 4 is 106 Å². The number of benzene rings is 8. The van der Waals surface area contributed by atoms with Crippen LogP contribution in [0.1, 0.15) is 0 Å². The van der Waals surface area contributed by atoms with E-state index in [9.17, 15) is 0 Å². The molecule has 2 heteroatoms. The summed E-state index contributed by atoms with van der Waals surface area (Å²) in [5, 5.41) is 15.8. The smallest absolute Gasteiger partial charge is 0.0361 e. The van der Waals surface area contributed by atoms with E-state index in [0.29, 0.717) is 0 Å². The Morgan fingerprint density at radius 2 is 0.571 bits per heavy atom. The Morgan fingerprint density at radius 3 is 0.952 bits per heavy atom. The molecule has 194 valence electrons. The SMILES string of the molecule is c1ccc2cc3c(cc2c1)sc1cc2ccc(-c4ccc5cc6sc7cc8ccccc8cc7c6cc5c4)cc2cc13. The summed E-state index contributed by atoms with van der Waals surface area (Å²) in [6.45, 7) is 0. The maximum Gasteiger partial charge on any atom is 0.0361 e. The Bertz CT molecular complexity index is 2550. The minimum absolute atomic E-state index is 1.26. The van der Waals surface area contributed by atoms with Crippen molar-refractivity contribution in [2.45, 2.75) is 0 Å². The third kappa shape index (κ3) is 3.34. The third-order valence-electron chi connectivity index (χ3n) is 8.93. The lowest BCUT2D eigenvalue weighted by atomic mass is 9.97. The summed E-state index contributed by atoms with van der Waals surface area (Å²) in [5.74, 6) is 0. The van der Waals surface area contributed by atoms with Gasteiger partial charge in [0, 0.05) is 40.3 Å². The lowest BCUT2D eigenvalue weighted by Gasteiger charge is -2.07. The van der Waals surface area contributed by atoms with Crippen molar-refractivity contribution in [1.82, 2.24) is 0 Å². The van der Waals surface area contributed by atoms with Crippen LogP contribution in [0, 0.1) is 0 Å². The quantitative estimate of drug-likeness (QED) is 0.185. The Kier molecular flexibility index (Phi) is 4.57. The van der Waals surface area contributed by atoms with Crippen LogP contribution in [-0.4, -0.2) is 0 Å². The lowest BCUT2D eigenvalue weighted by molar-refractivity contribution is 1.70. The van der Waals surface area contributed by atoms with Crippen molar-refractivity contribution in [2.75, 3.05) is 0 Å². The van der Waals surface area contributed by atoms with E-state index >= 15 is 0 Å². The van der Waals surface area contributed by atoms with Crippen LogP contribution in [0.5, 0.6) is 0 Å². The van der Waals surface area contributed by atoms with Gasteiger partial charge in [-0.2, -0.15) is 0 Å². The van der Waals surface area contributed by atoms with Gasteiger partial charge >= 0.3 is 0 Å². The highest BCUT2D eigenvalue weighted by Crippen LogP contribution is 2.41. The molecule has 0 spiro atoms. The van der Waals surface area contributed by atoms with E-state index in [1.807, 2.05) is 22.7 Å². The molecule has 0 N–H and O–H groups in total. The van der Waals surface area contributed by atoms with Gasteiger partial charge in [0.15, 0.2) is 0 Å². The average Bonchev–Trinajstić information content (AvgIpc) is 3.55. The molecule has 0 saturated carbocycles. The zero-order valence-corrected chi connectivity index (χ0v) is 24.2. The Morgan fingerprint density at radius 1 is 0.262 bits per heavy atom. The molecule has 10 aromatic rings. The van der Waals surface area contributed by atoms with Crippen LogP contribution in [-0.2, 0) is 0 Å². The van der Waals surface area contributed by atoms with E-state index < -0.39 is 0 Å². The molecular formula is C40H22S2. The van der Waals surface area contributed by atoms with Crippen LogP contribution in [0.3, 0.4) is 0 Å². The largest absolute Gasteiger partial charge is 0.135 e. The molecule has 42 heavy (non-hydrogen) atoms. The molecule has 2 aromatic heterocycles. The molecule has 2 heterocycles. The van der Waals surface area contributed by atoms with Crippen molar-refractivity contribution in [3.8, 4) is 11.1 Å². The third-order valence-corrected chi connectivity index (χ3v) is 11.2. The van der Waals surface area contributed by atoms with Crippen molar-refractivity contribution < 1.29 is 0 Å². The molecule has 0 atom stereocenters. The predicted octanol–water partition coefficient (Wildman–Crippen LogP) is 12.7. The second-order valence-corrected chi connectivity index (χ2v) is 13.6. The van der Waals surface area contributed by atoms with E-state index in [2.05, 4.69) is 133 Å². The Labute approximate surface area is 249 Å². The molecule has 0 amide bonds. The maximum absolute atomic E-state index is 2.40. The molecule has 0 bridgehead atoms. The van der Waals surface area contributed by atoms with Gasteiger partial charge in [-0.1, -0.05) is 72.8 Å². The van der Waals surface area contributed by atoms with Crippen LogP contribution in [0.2, 0.25) is 0 Å². The first-order valence-electron chi connectivity index (χ1n) is 14.3. The highest BCUT2D eigenvalue weighted by molar-refractivity contribution is 7.26. The molecule has 0 aliphatic heterocycles. The fourth-order valence-electron chi connectivity index (χ4n) is 6.77. The molecule has 0 aliphatic carbocycles. The second-order valence-electron chi connectivity index (χ2n) is 11.4. The standard InChI is InChI=1S/C40H22S2/c1-3-7-25-19-37-33(15-23(25)5-1)35-17-31-13-27(9-11-29(31)21-39(35)41-37)28-10-12-30-22-40-36(18-32(30)14-28)34-16-24-6-2-4-8-26(24)20-38(34)42-40/h1-22H. The molecule has 8 aromatic carbocycles. The van der Waals surface area contributed by atoms with Crippen molar-refractivity contribution in [3.63, 3.8) is 0 Å². The summed E-state index contributed by atoms with van der Waals surface area (Å²) in [7, 11) is 0. The molecule has 0 unspecified atom stereocenters. The van der Waals surface area contributed by atoms with Crippen LogP contribution in [0.25, 0.3) is 94.6 Å². The number of rotatable bonds is 1. The summed E-state index contributed by atoms with van der Waals surface area (Å²) in [4.78, 5) is 0. The van der Waals surface area contributed by atoms with Crippen molar-refractivity contribution in [2.24, 2.45) is 0 Å². The average molecular weight is 567 g/mol. The molecule has 10 rings (SSSR count). The Hall–Kier alpha value is -4.76. The summed E-state index contributed by atoms with van der Waals surface area (Å²) in [6, 6.07) is 50.1. The van der Waals surface area contributed by atoms with E-state index in [0.717, 1.165) is 0 Å². The van der Waals surface area contributed by atoms with Gasteiger partial charge < -0.3 is 0 Å². The highest BCUT2D eigenvalue weighted by atomic mass is 32.1. The van der Waals surface area contributed by atoms with Gasteiger partial charge in [0.25, 0.3) is 0 Å². The van der Waals surface area contributed by atoms with Gasteiger partial charge in [-0.3, -0.25) is 0 Å². The van der Waals surface area contributed by atoms with Gasteiger partial charge in [-0.15, -0.1) is 22.7 Å². The van der Waals surface area contributed by atoms with E-state index in [4.69, 9.17) is 0 Å². The minimum Gasteiger partial charge on any atom is -0.135 e. The summed E-state index contributed by atoms with van der Waals surface area (Å²) >= 11 is 3.79. The topological polar surface area (TPSA) is 0 Å². The van der Waals surface area contributed by atoms with Crippen LogP contribution < -0.4 is 0 Å². The van der Waals surface area contributed by atoms with Crippen LogP contribution in [0.15, 0.2) is 133 Å². The fraction of sp³-hybridized carbons (Fsp3) is 0. The van der Waals surface area contributed by atoms with E-state index in [1.165, 1.54) is 94.6 Å². The Balaban J connectivity index is 1.14. The summed E-state index contributed by atoms with van der Waals surface area (Å²) in [5.41, 5.74) is 2.52. The number of fused-ring (bicyclic) bond motifs is 10. The van der Waals surface area contributed by atoms with E-state index in [-0.39, 0.29) is 0 Å². The van der Waals surface area contributed by atoms with Gasteiger partial charge in [0.05, 0.1) is 0 Å². The first-order chi connectivity index (χ1) is 20.7. The molecule has 0 saturated heterocycles. The molecular weight excluding hydrogens is 545 g/mol. The first-order valence-corrected chi connectivity index (χ1v) is 15.9. The molecule has 0 aliphatic rings. The minimum atomic E-state index is 1.26. The number of hydrogen-bond acceptors (Lipinski definition) is 2. The van der Waals surface area contributed by atoms with Crippen molar-refractivity contribution in [1.29, 1.82) is 0 Å². The first kappa shape index (κ1) is 22.9. The summed E-state index contributed by atoms with van der Waals surface area (Å²) < 4.78 is 5.42. The highest BCUT2D eigenvalue weighted by Gasteiger charge is 2.11. The molecule has 0 nitrogen and oxygen atoms in total. The number of thiophene rings is 2. The normalized spacial score (nSPS) is 12.3. The lowest BCUT2D eigenvalue weighted by Crippen LogP contribution is -1.81. The monoisotopic (exact) mass is 566 g/mol. The van der Waals surface area contributed by atoms with Gasteiger partial charge in [-0.05, 0) is 115 Å². The van der Waals surface area contributed by atoms with Gasteiger partial charge in [-0.25, -0.2) is 0 Å². The predicted molar refractivity (Wildman–Crippen MR) is 188 cm³/mol. The molecule has 0 radical (unpaired) electrons. The second kappa shape index (κ2) is 8.39. The summed E-state index contributed by atoms with van der Waals surface area (Å²) in [6.07, 6.45) is 0. The zero-order chi connectivity index (χ0) is 27.4.